The zero-order valence-electron chi connectivity index (χ0n) is 14.9. The van der Waals surface area contributed by atoms with E-state index in [0.717, 1.165) is 11.8 Å². The van der Waals surface area contributed by atoms with Gasteiger partial charge in [-0.05, 0) is 13.0 Å². The molecule has 8 nitrogen and oxygen atoms in total. The van der Waals surface area contributed by atoms with Crippen LogP contribution in [0, 0.1) is 17.2 Å². The van der Waals surface area contributed by atoms with Crippen LogP contribution in [0.25, 0.3) is 0 Å². The average molecular weight is 389 g/mol. The van der Waals surface area contributed by atoms with Crippen LogP contribution in [0.1, 0.15) is 18.4 Å². The van der Waals surface area contributed by atoms with Gasteiger partial charge in [0, 0.05) is 11.5 Å². The van der Waals surface area contributed by atoms with Gasteiger partial charge in [-0.25, -0.2) is 0 Å². The number of allylic oxidation sites excluding steroid dienone is 1. The normalized spacial score (nSPS) is 19.1. The van der Waals surface area contributed by atoms with Crippen molar-refractivity contribution in [1.82, 2.24) is 5.32 Å². The van der Waals surface area contributed by atoms with Gasteiger partial charge in [-0.15, -0.1) is 0 Å². The lowest BCUT2D eigenvalue weighted by atomic mass is 9.78. The largest absolute Gasteiger partial charge is 0.494 e. The maximum atomic E-state index is 12.6. The highest BCUT2D eigenvalue weighted by atomic mass is 32.2. The highest BCUT2D eigenvalue weighted by Gasteiger charge is 2.45. The van der Waals surface area contributed by atoms with Gasteiger partial charge in [-0.1, -0.05) is 30.0 Å². The van der Waals surface area contributed by atoms with Crippen molar-refractivity contribution in [3.63, 3.8) is 0 Å². The van der Waals surface area contributed by atoms with Crippen molar-refractivity contribution in [2.24, 2.45) is 11.7 Å². The molecule has 0 aliphatic carbocycles. The maximum absolute atomic E-state index is 12.6. The Morgan fingerprint density at radius 1 is 1.37 bits per heavy atom. The second-order valence-electron chi connectivity index (χ2n) is 5.55. The van der Waals surface area contributed by atoms with E-state index in [1.54, 1.807) is 31.2 Å². The van der Waals surface area contributed by atoms with E-state index in [4.69, 9.17) is 15.2 Å². The molecular formula is C18H19N3O5S. The molecule has 2 atom stereocenters. The van der Waals surface area contributed by atoms with E-state index in [2.05, 4.69) is 11.4 Å². The Hall–Kier alpha value is -2.99. The van der Waals surface area contributed by atoms with Gasteiger partial charge >= 0.3 is 5.97 Å². The smallest absolute Gasteiger partial charge is 0.319 e. The van der Waals surface area contributed by atoms with E-state index in [-0.39, 0.29) is 16.4 Å². The molecule has 0 aromatic heterocycles. The predicted molar refractivity (Wildman–Crippen MR) is 98.3 cm³/mol. The number of carbonyl (C=O) groups excluding carboxylic acids is 3. The summed E-state index contributed by atoms with van der Waals surface area (Å²) < 4.78 is 10.4. The highest BCUT2D eigenvalue weighted by molar-refractivity contribution is 8.03. The number of rotatable bonds is 7. The van der Waals surface area contributed by atoms with Gasteiger partial charge in [0.25, 0.3) is 0 Å². The molecule has 1 aromatic rings. The molecule has 0 saturated heterocycles. The molecule has 3 N–H and O–H groups in total. The number of amides is 2. The highest BCUT2D eigenvalue weighted by Crippen LogP contribution is 2.43. The van der Waals surface area contributed by atoms with E-state index < -0.39 is 29.6 Å². The minimum Gasteiger partial charge on any atom is -0.494 e. The van der Waals surface area contributed by atoms with Gasteiger partial charge in [0.2, 0.25) is 11.8 Å². The fourth-order valence-electron chi connectivity index (χ4n) is 2.82. The zero-order chi connectivity index (χ0) is 20.0. The Balaban J connectivity index is 2.65. The number of benzene rings is 1. The fourth-order valence-corrected chi connectivity index (χ4v) is 3.61. The molecule has 1 aromatic carbocycles. The second kappa shape index (κ2) is 9.09. The van der Waals surface area contributed by atoms with Crippen LogP contribution in [0.15, 0.2) is 34.9 Å². The van der Waals surface area contributed by atoms with Crippen molar-refractivity contribution in [3.05, 3.63) is 40.4 Å². The average Bonchev–Trinajstić information content (AvgIpc) is 2.65. The number of thioether (sulfide) groups is 1. The van der Waals surface area contributed by atoms with E-state index in [1.807, 2.05) is 0 Å². The molecule has 0 unspecified atom stereocenters. The molecule has 0 spiro atoms. The summed E-state index contributed by atoms with van der Waals surface area (Å²) in [6.07, 6.45) is 0. The third-order valence-corrected chi connectivity index (χ3v) is 4.94. The molecule has 0 fully saturated rings. The summed E-state index contributed by atoms with van der Waals surface area (Å²) in [5, 5.41) is 12.5. The van der Waals surface area contributed by atoms with Crippen molar-refractivity contribution >= 4 is 29.5 Å². The first-order valence-corrected chi connectivity index (χ1v) is 9.08. The molecule has 0 radical (unpaired) electrons. The molecule has 1 heterocycles. The van der Waals surface area contributed by atoms with Crippen LogP contribution in [0.3, 0.4) is 0 Å². The van der Waals surface area contributed by atoms with E-state index in [9.17, 15) is 19.6 Å². The minimum absolute atomic E-state index is 0.122. The molecule has 2 amide bonds. The Labute approximate surface area is 160 Å². The number of hydrogen-bond acceptors (Lipinski definition) is 7. The summed E-state index contributed by atoms with van der Waals surface area (Å²) in [6.45, 7) is 2.17. The lowest BCUT2D eigenvalue weighted by Crippen LogP contribution is -2.44. The van der Waals surface area contributed by atoms with Crippen molar-refractivity contribution < 1.29 is 23.9 Å². The maximum Gasteiger partial charge on any atom is 0.319 e. The minimum atomic E-state index is -1.26. The molecule has 0 saturated carbocycles. The topological polar surface area (TPSA) is 132 Å². The molecule has 1 aliphatic heterocycles. The van der Waals surface area contributed by atoms with E-state index >= 15 is 0 Å². The number of nitrogens with one attached hydrogen (secondary N) is 1. The standard InChI is InChI=1S/C18H19N3O5S/c1-3-26-12-7-5-4-6-10(12)14-11(8-19)17(27-9-13(20)22)21-16(23)15(14)18(24)25-2/h4-7,14-15H,3,9H2,1-2H3,(H2,20,22)(H,21,23)/t14-,15-/m0/s1. The van der Waals surface area contributed by atoms with Gasteiger partial charge in [-0.2, -0.15) is 5.26 Å². The number of nitriles is 1. The Bertz CT molecular complexity index is 831. The molecule has 9 heteroatoms. The van der Waals surface area contributed by atoms with Crippen LogP contribution in [0.2, 0.25) is 0 Å². The summed E-state index contributed by atoms with van der Waals surface area (Å²) in [7, 11) is 1.17. The quantitative estimate of drug-likeness (QED) is 0.526. The Kier molecular flexibility index (Phi) is 6.85. The molecular weight excluding hydrogens is 370 g/mol. The summed E-state index contributed by atoms with van der Waals surface area (Å²) in [5.74, 6) is -3.82. The third kappa shape index (κ3) is 4.41. The first kappa shape index (κ1) is 20.3. The molecule has 142 valence electrons. The Morgan fingerprint density at radius 3 is 2.67 bits per heavy atom. The number of primary amides is 1. The van der Waals surface area contributed by atoms with Gasteiger partial charge in [0.05, 0.1) is 36.1 Å². The Morgan fingerprint density at radius 2 is 2.07 bits per heavy atom. The van der Waals surface area contributed by atoms with Crippen molar-refractivity contribution in [1.29, 1.82) is 5.26 Å². The predicted octanol–water partition coefficient (Wildman–Crippen LogP) is 1.04. The van der Waals surface area contributed by atoms with Crippen LogP contribution in [-0.4, -0.2) is 37.3 Å². The van der Waals surface area contributed by atoms with Gasteiger partial charge in [-0.3, -0.25) is 14.4 Å². The molecule has 27 heavy (non-hydrogen) atoms. The lowest BCUT2D eigenvalue weighted by Gasteiger charge is -2.31. The number of carbonyl (C=O) groups is 3. The summed E-state index contributed by atoms with van der Waals surface area (Å²) in [4.78, 5) is 36.1. The number of esters is 1. The van der Waals surface area contributed by atoms with Gasteiger partial charge < -0.3 is 20.5 Å². The summed E-state index contributed by atoms with van der Waals surface area (Å²) in [6, 6.07) is 8.92. The third-order valence-electron chi connectivity index (χ3n) is 3.90. The first-order chi connectivity index (χ1) is 12.9. The zero-order valence-corrected chi connectivity index (χ0v) is 15.7. The van der Waals surface area contributed by atoms with Gasteiger partial charge in [0.1, 0.15) is 11.7 Å². The van der Waals surface area contributed by atoms with Crippen LogP contribution >= 0.6 is 11.8 Å². The monoisotopic (exact) mass is 389 g/mol. The van der Waals surface area contributed by atoms with Crippen molar-refractivity contribution in [2.45, 2.75) is 12.8 Å². The molecule has 0 bridgehead atoms. The van der Waals surface area contributed by atoms with Crippen molar-refractivity contribution in [2.75, 3.05) is 19.5 Å². The van der Waals surface area contributed by atoms with Crippen LogP contribution in [0.5, 0.6) is 5.75 Å². The van der Waals surface area contributed by atoms with Crippen molar-refractivity contribution in [3.8, 4) is 11.8 Å². The number of methoxy groups -OCH3 is 1. The van der Waals surface area contributed by atoms with E-state index in [0.29, 0.717) is 17.9 Å². The lowest BCUT2D eigenvalue weighted by molar-refractivity contribution is -0.150. The molecule has 1 aliphatic rings. The second-order valence-corrected chi connectivity index (χ2v) is 6.53. The van der Waals surface area contributed by atoms with E-state index in [1.165, 1.54) is 7.11 Å². The number of para-hydroxylation sites is 1. The van der Waals surface area contributed by atoms with Gasteiger partial charge in [0.15, 0.2) is 0 Å². The SMILES string of the molecule is CCOc1ccccc1[C@H]1C(C#N)=C(SCC(N)=O)NC(=O)[C@H]1C(=O)OC. The number of nitrogens with two attached hydrogens (primary N) is 1. The summed E-state index contributed by atoms with van der Waals surface area (Å²) in [5.41, 5.74) is 5.82. The fraction of sp³-hybridized carbons (Fsp3) is 0.333. The molecule has 2 rings (SSSR count). The first-order valence-electron chi connectivity index (χ1n) is 8.10. The van der Waals surface area contributed by atoms with Crippen LogP contribution < -0.4 is 15.8 Å². The number of hydrogen-bond donors (Lipinski definition) is 2. The van der Waals surface area contributed by atoms with Crippen LogP contribution in [0.4, 0.5) is 0 Å². The number of nitrogens with zero attached hydrogens (tertiary/aromatic N) is 1. The van der Waals surface area contributed by atoms with Crippen LogP contribution in [-0.2, 0) is 19.1 Å². The summed E-state index contributed by atoms with van der Waals surface area (Å²) >= 11 is 0.939. The number of ether oxygens (including phenoxy) is 2.